The quantitative estimate of drug-likeness (QED) is 0.313. The third-order valence-electron chi connectivity index (χ3n) is 6.52. The Morgan fingerprint density at radius 3 is 2.84 bits per heavy atom. The molecule has 1 N–H and O–H groups in total. The van der Waals surface area contributed by atoms with Crippen LogP contribution >= 0.6 is 22.9 Å². The van der Waals surface area contributed by atoms with Crippen molar-refractivity contribution in [1.29, 1.82) is 0 Å². The minimum Gasteiger partial charge on any atom is -0.347 e. The first-order valence-electron chi connectivity index (χ1n) is 11.8. The number of nitrogens with zero attached hydrogens (tertiary/aromatic N) is 5. The van der Waals surface area contributed by atoms with Gasteiger partial charge in [0.15, 0.2) is 5.69 Å². The van der Waals surface area contributed by atoms with Crippen molar-refractivity contribution in [2.45, 2.75) is 25.4 Å². The van der Waals surface area contributed by atoms with Crippen LogP contribution in [0.4, 0.5) is 10.2 Å². The minimum atomic E-state index is -0.294. The molecule has 0 unspecified atom stereocenters. The summed E-state index contributed by atoms with van der Waals surface area (Å²) in [5.41, 5.74) is 5.37. The van der Waals surface area contributed by atoms with Crippen molar-refractivity contribution < 1.29 is 9.18 Å². The van der Waals surface area contributed by atoms with E-state index in [1.807, 2.05) is 37.3 Å². The van der Waals surface area contributed by atoms with Crippen molar-refractivity contribution in [2.24, 2.45) is 0 Å². The SMILES string of the molecule is Cc1cc(C(=O)N[C@H]2C[C@H](c3cccc(F)c3)N(c3ccc4ncsc4n3)C2)nn1-c1cccc(Cl)c1. The summed E-state index contributed by atoms with van der Waals surface area (Å²) in [7, 11) is 0. The highest BCUT2D eigenvalue weighted by atomic mass is 35.5. The molecule has 37 heavy (non-hydrogen) atoms. The molecule has 1 amide bonds. The average Bonchev–Trinajstić information content (AvgIpc) is 3.61. The van der Waals surface area contributed by atoms with Crippen LogP contribution in [0.5, 0.6) is 0 Å². The summed E-state index contributed by atoms with van der Waals surface area (Å²) in [6.07, 6.45) is 0.603. The van der Waals surface area contributed by atoms with E-state index in [2.05, 4.69) is 20.3 Å². The van der Waals surface area contributed by atoms with E-state index in [9.17, 15) is 9.18 Å². The number of amides is 1. The number of carbonyl (C=O) groups is 1. The molecule has 0 aliphatic carbocycles. The largest absolute Gasteiger partial charge is 0.347 e. The number of halogens is 2. The van der Waals surface area contributed by atoms with Gasteiger partial charge in [-0.15, -0.1) is 11.3 Å². The standard InChI is InChI=1S/C27H22ClFN6OS/c1-16-10-23(33-35(16)21-7-3-5-18(28)12-21)26(36)31-20-13-24(17-4-2-6-19(29)11-17)34(14-20)25-9-8-22-27(32-25)37-15-30-22/h2-12,15,20,24H,13-14H2,1H3,(H,31,36)/t20-,24+/m0/s1. The summed E-state index contributed by atoms with van der Waals surface area (Å²) in [6.45, 7) is 2.42. The van der Waals surface area contributed by atoms with Crippen molar-refractivity contribution in [2.75, 3.05) is 11.4 Å². The van der Waals surface area contributed by atoms with E-state index >= 15 is 0 Å². The second-order valence-corrected chi connectivity index (χ2v) is 10.3. The Bertz CT molecular complexity index is 1620. The average molecular weight is 533 g/mol. The van der Waals surface area contributed by atoms with Gasteiger partial charge in [-0.25, -0.2) is 19.0 Å². The van der Waals surface area contributed by atoms with Gasteiger partial charge >= 0.3 is 0 Å². The third kappa shape index (κ3) is 4.68. The van der Waals surface area contributed by atoms with Crippen molar-refractivity contribution in [3.05, 3.63) is 100 Å². The Morgan fingerprint density at radius 2 is 2.00 bits per heavy atom. The monoisotopic (exact) mass is 532 g/mol. The van der Waals surface area contributed by atoms with Crippen molar-refractivity contribution >= 4 is 45.0 Å². The number of anilines is 1. The lowest BCUT2D eigenvalue weighted by Crippen LogP contribution is -2.37. The molecule has 5 aromatic rings. The van der Waals surface area contributed by atoms with E-state index < -0.39 is 0 Å². The van der Waals surface area contributed by atoms with Gasteiger partial charge in [0.25, 0.3) is 5.91 Å². The van der Waals surface area contributed by atoms with Crippen LogP contribution in [0.1, 0.15) is 34.2 Å². The molecule has 1 saturated heterocycles. The van der Waals surface area contributed by atoms with Crippen molar-refractivity contribution in [1.82, 2.24) is 25.1 Å². The third-order valence-corrected chi connectivity index (χ3v) is 7.49. The number of thiazole rings is 1. The van der Waals surface area contributed by atoms with E-state index in [4.69, 9.17) is 16.6 Å². The Kier molecular flexibility index (Phi) is 6.10. The van der Waals surface area contributed by atoms with E-state index in [-0.39, 0.29) is 23.8 Å². The highest BCUT2D eigenvalue weighted by molar-refractivity contribution is 7.16. The lowest BCUT2D eigenvalue weighted by atomic mass is 10.0. The number of carbonyl (C=O) groups excluding carboxylic acids is 1. The minimum absolute atomic E-state index is 0.148. The molecule has 1 aliphatic rings. The number of hydrogen-bond donors (Lipinski definition) is 1. The molecule has 7 nitrogen and oxygen atoms in total. The molecular weight excluding hydrogens is 511 g/mol. The molecular formula is C27H22ClFN6OS. The van der Waals surface area contributed by atoms with Gasteiger partial charge in [-0.05, 0) is 67.4 Å². The van der Waals surface area contributed by atoms with Crippen molar-refractivity contribution in [3.63, 3.8) is 0 Å². The fourth-order valence-electron chi connectivity index (χ4n) is 4.84. The van der Waals surface area contributed by atoms with Gasteiger partial charge in [-0.2, -0.15) is 5.10 Å². The van der Waals surface area contributed by atoms with Gasteiger partial charge < -0.3 is 10.2 Å². The molecule has 2 aromatic carbocycles. The number of fused-ring (bicyclic) bond motifs is 1. The maximum absolute atomic E-state index is 14.1. The molecule has 0 bridgehead atoms. The molecule has 4 heterocycles. The Hall–Kier alpha value is -3.82. The number of pyridine rings is 1. The van der Waals surface area contributed by atoms with Gasteiger partial charge in [0.2, 0.25) is 0 Å². The highest BCUT2D eigenvalue weighted by Crippen LogP contribution is 2.36. The summed E-state index contributed by atoms with van der Waals surface area (Å²) in [6, 6.07) is 19.2. The molecule has 0 radical (unpaired) electrons. The zero-order chi connectivity index (χ0) is 25.5. The molecule has 0 spiro atoms. The Balaban J connectivity index is 1.27. The molecule has 1 fully saturated rings. The van der Waals surface area contributed by atoms with Gasteiger partial charge in [-0.3, -0.25) is 4.79 Å². The highest BCUT2D eigenvalue weighted by Gasteiger charge is 2.35. The molecule has 186 valence electrons. The second kappa shape index (κ2) is 9.57. The zero-order valence-corrected chi connectivity index (χ0v) is 21.4. The number of benzene rings is 2. The topological polar surface area (TPSA) is 75.9 Å². The maximum atomic E-state index is 14.1. The molecule has 0 saturated carbocycles. The number of aromatic nitrogens is 4. The van der Waals surface area contributed by atoms with Gasteiger partial charge in [-0.1, -0.05) is 29.8 Å². The van der Waals surface area contributed by atoms with Crippen LogP contribution in [0.3, 0.4) is 0 Å². The van der Waals surface area contributed by atoms with Crippen LogP contribution in [0.25, 0.3) is 16.0 Å². The van der Waals surface area contributed by atoms with Crippen LogP contribution < -0.4 is 10.2 Å². The Morgan fingerprint density at radius 1 is 1.14 bits per heavy atom. The lowest BCUT2D eigenvalue weighted by Gasteiger charge is -2.26. The molecule has 3 aromatic heterocycles. The van der Waals surface area contributed by atoms with E-state index in [1.165, 1.54) is 17.4 Å². The van der Waals surface area contributed by atoms with Gasteiger partial charge in [0, 0.05) is 23.3 Å². The molecule has 6 rings (SSSR count). The van der Waals surface area contributed by atoms with Crippen LogP contribution in [0.2, 0.25) is 5.02 Å². The number of nitrogens with one attached hydrogen (secondary N) is 1. The van der Waals surface area contributed by atoms with Gasteiger partial charge in [0.1, 0.15) is 22.0 Å². The zero-order valence-electron chi connectivity index (χ0n) is 19.8. The second-order valence-electron chi connectivity index (χ2n) is 9.04. The summed E-state index contributed by atoms with van der Waals surface area (Å²) in [5.74, 6) is 0.210. The number of rotatable bonds is 5. The summed E-state index contributed by atoms with van der Waals surface area (Å²) < 4.78 is 15.8. The maximum Gasteiger partial charge on any atom is 0.272 e. The molecule has 10 heteroatoms. The number of aryl methyl sites for hydroxylation is 1. The summed E-state index contributed by atoms with van der Waals surface area (Å²) >= 11 is 7.61. The first kappa shape index (κ1) is 23.6. The smallest absolute Gasteiger partial charge is 0.272 e. The van der Waals surface area contributed by atoms with Crippen LogP contribution in [0.15, 0.2) is 72.2 Å². The first-order valence-corrected chi connectivity index (χ1v) is 13.1. The predicted octanol–water partition coefficient (Wildman–Crippen LogP) is 5.73. The molecule has 2 atom stereocenters. The summed E-state index contributed by atoms with van der Waals surface area (Å²) in [5, 5.41) is 8.25. The van der Waals surface area contributed by atoms with Crippen LogP contribution in [-0.4, -0.2) is 38.2 Å². The van der Waals surface area contributed by atoms with Crippen LogP contribution in [-0.2, 0) is 0 Å². The Labute approximate surface area is 221 Å². The van der Waals surface area contributed by atoms with Gasteiger partial charge in [0.05, 0.1) is 17.2 Å². The fraction of sp³-hybridized carbons (Fsp3) is 0.185. The van der Waals surface area contributed by atoms with E-state index in [0.29, 0.717) is 23.7 Å². The van der Waals surface area contributed by atoms with E-state index in [0.717, 1.165) is 33.1 Å². The van der Waals surface area contributed by atoms with E-state index in [1.54, 1.807) is 40.5 Å². The fourth-order valence-corrected chi connectivity index (χ4v) is 5.68. The van der Waals surface area contributed by atoms with Crippen molar-refractivity contribution in [3.8, 4) is 5.69 Å². The predicted molar refractivity (Wildman–Crippen MR) is 143 cm³/mol. The number of hydrogen-bond acceptors (Lipinski definition) is 6. The first-order chi connectivity index (χ1) is 17.9. The molecule has 1 aliphatic heterocycles. The normalized spacial score (nSPS) is 17.4. The lowest BCUT2D eigenvalue weighted by molar-refractivity contribution is 0.0934. The summed E-state index contributed by atoms with van der Waals surface area (Å²) in [4.78, 5) is 25.3. The van der Waals surface area contributed by atoms with Crippen LogP contribution in [0, 0.1) is 12.7 Å².